The molecule has 0 saturated carbocycles. The monoisotopic (exact) mass is 443 g/mol. The number of halogens is 5. The van der Waals surface area contributed by atoms with Crippen LogP contribution in [0, 0.1) is 7.27 Å². The lowest BCUT2D eigenvalue weighted by molar-refractivity contribution is 0.107. The van der Waals surface area contributed by atoms with Gasteiger partial charge in [0.1, 0.15) is 9.39 Å². The van der Waals surface area contributed by atoms with E-state index >= 15 is 0 Å². The standard InChI is InChI=1S/C7H2ClF2I2NO/c8-6(14)5-4(12)2(7(9)10)1-3(11)13-5/h1,7H. The van der Waals surface area contributed by atoms with E-state index in [1.54, 1.807) is 45.2 Å². The zero-order chi connectivity index (χ0) is 10.9. The van der Waals surface area contributed by atoms with Gasteiger partial charge in [-0.05, 0) is 62.8 Å². The van der Waals surface area contributed by atoms with Crippen molar-refractivity contribution in [2.75, 3.05) is 0 Å². The van der Waals surface area contributed by atoms with Crippen molar-refractivity contribution in [3.63, 3.8) is 0 Å². The quantitative estimate of drug-likeness (QED) is 0.397. The topological polar surface area (TPSA) is 30.0 Å². The third-order valence-corrected chi connectivity index (χ3v) is 3.24. The molecule has 0 saturated heterocycles. The van der Waals surface area contributed by atoms with E-state index in [1.165, 1.54) is 6.07 Å². The number of aromatic nitrogens is 1. The maximum Gasteiger partial charge on any atom is 0.271 e. The molecule has 14 heavy (non-hydrogen) atoms. The summed E-state index contributed by atoms with van der Waals surface area (Å²) < 4.78 is 25.4. The summed E-state index contributed by atoms with van der Waals surface area (Å²) in [5.74, 6) is 0. The number of alkyl halides is 2. The molecular formula is C7H2ClF2I2NO. The molecule has 0 aliphatic rings. The summed E-state index contributed by atoms with van der Waals surface area (Å²) in [6.07, 6.45) is -2.63. The molecule has 2 nitrogen and oxygen atoms in total. The molecule has 0 aromatic carbocycles. The van der Waals surface area contributed by atoms with Gasteiger partial charge in [-0.3, -0.25) is 4.79 Å². The molecule has 1 rings (SSSR count). The van der Waals surface area contributed by atoms with Crippen LogP contribution in [0.3, 0.4) is 0 Å². The second kappa shape index (κ2) is 4.97. The summed E-state index contributed by atoms with van der Waals surface area (Å²) in [6, 6.07) is 1.23. The molecule has 0 aliphatic carbocycles. The van der Waals surface area contributed by atoms with Gasteiger partial charge in [0.25, 0.3) is 11.7 Å². The predicted octanol–water partition coefficient (Wildman–Crippen LogP) is 3.61. The Morgan fingerprint density at radius 1 is 1.50 bits per heavy atom. The number of nitrogens with zero attached hydrogens (tertiary/aromatic N) is 1. The van der Waals surface area contributed by atoms with Crippen molar-refractivity contribution in [3.05, 3.63) is 24.6 Å². The second-order valence-electron chi connectivity index (χ2n) is 2.27. The van der Waals surface area contributed by atoms with Crippen LogP contribution in [-0.4, -0.2) is 10.2 Å². The molecule has 1 heterocycles. The normalized spacial score (nSPS) is 10.7. The van der Waals surface area contributed by atoms with E-state index in [0.29, 0.717) is 3.70 Å². The number of rotatable bonds is 2. The molecule has 0 amide bonds. The lowest BCUT2D eigenvalue weighted by Crippen LogP contribution is -2.04. The van der Waals surface area contributed by atoms with Crippen molar-refractivity contribution >= 4 is 62.0 Å². The van der Waals surface area contributed by atoms with E-state index in [9.17, 15) is 13.6 Å². The molecule has 0 bridgehead atoms. The summed E-state index contributed by atoms with van der Waals surface area (Å²) in [4.78, 5) is 14.6. The molecule has 7 heteroatoms. The minimum Gasteiger partial charge on any atom is -0.274 e. The van der Waals surface area contributed by atoms with E-state index in [4.69, 9.17) is 11.6 Å². The van der Waals surface area contributed by atoms with Crippen LogP contribution in [0.2, 0.25) is 0 Å². The van der Waals surface area contributed by atoms with Crippen LogP contribution >= 0.6 is 56.8 Å². The molecular weight excluding hydrogens is 441 g/mol. The Labute approximate surface area is 111 Å². The molecule has 0 atom stereocenters. The van der Waals surface area contributed by atoms with E-state index in [0.717, 1.165) is 0 Å². The summed E-state index contributed by atoms with van der Waals surface area (Å²) >= 11 is 8.60. The molecule has 0 aliphatic heterocycles. The summed E-state index contributed by atoms with van der Waals surface area (Å²) in [7, 11) is 0. The number of hydrogen-bond donors (Lipinski definition) is 0. The van der Waals surface area contributed by atoms with Crippen LogP contribution in [0.25, 0.3) is 0 Å². The first kappa shape index (κ1) is 12.5. The maximum atomic E-state index is 12.5. The van der Waals surface area contributed by atoms with Gasteiger partial charge in [0, 0.05) is 5.56 Å². The Morgan fingerprint density at radius 2 is 2.07 bits per heavy atom. The second-order valence-corrected chi connectivity index (χ2v) is 4.80. The van der Waals surface area contributed by atoms with Gasteiger partial charge in [0.2, 0.25) is 0 Å². The first-order valence-electron chi connectivity index (χ1n) is 3.27. The average molecular weight is 443 g/mol. The summed E-state index contributed by atoms with van der Waals surface area (Å²) in [6.45, 7) is 0. The van der Waals surface area contributed by atoms with Crippen molar-refractivity contribution in [2.24, 2.45) is 0 Å². The zero-order valence-corrected chi connectivity index (χ0v) is 11.5. The Bertz CT molecular complexity index is 386. The smallest absolute Gasteiger partial charge is 0.271 e. The van der Waals surface area contributed by atoms with Crippen molar-refractivity contribution in [3.8, 4) is 0 Å². The lowest BCUT2D eigenvalue weighted by Gasteiger charge is -2.06. The third-order valence-electron chi connectivity index (χ3n) is 1.38. The van der Waals surface area contributed by atoms with Gasteiger partial charge >= 0.3 is 0 Å². The van der Waals surface area contributed by atoms with Gasteiger partial charge in [-0.15, -0.1) is 0 Å². The number of carbonyl (C=O) groups is 1. The van der Waals surface area contributed by atoms with Crippen LogP contribution in [0.4, 0.5) is 8.78 Å². The number of hydrogen-bond acceptors (Lipinski definition) is 2. The minimum absolute atomic E-state index is 0.109. The highest BCUT2D eigenvalue weighted by molar-refractivity contribution is 14.1. The van der Waals surface area contributed by atoms with Gasteiger partial charge in [-0.1, -0.05) is 0 Å². The fourth-order valence-electron chi connectivity index (χ4n) is 0.806. The van der Waals surface area contributed by atoms with Gasteiger partial charge in [-0.25, -0.2) is 13.8 Å². The Kier molecular flexibility index (Phi) is 4.44. The van der Waals surface area contributed by atoms with Gasteiger partial charge in [0.15, 0.2) is 0 Å². The van der Waals surface area contributed by atoms with Crippen LogP contribution in [-0.2, 0) is 0 Å². The van der Waals surface area contributed by atoms with Crippen molar-refractivity contribution in [1.82, 2.24) is 4.98 Å². The van der Waals surface area contributed by atoms with E-state index in [-0.39, 0.29) is 14.8 Å². The molecule has 76 valence electrons. The Balaban J connectivity index is 3.40. The third kappa shape index (κ3) is 2.72. The average Bonchev–Trinajstić information content (AvgIpc) is 2.07. The summed E-state index contributed by atoms with van der Waals surface area (Å²) in [5, 5.41) is -0.824. The highest BCUT2D eigenvalue weighted by Crippen LogP contribution is 2.28. The molecule has 1 aromatic heterocycles. The maximum absolute atomic E-state index is 12.5. The fraction of sp³-hybridized carbons (Fsp3) is 0.143. The highest BCUT2D eigenvalue weighted by Gasteiger charge is 2.19. The van der Waals surface area contributed by atoms with Gasteiger partial charge in [-0.2, -0.15) is 0 Å². The summed E-state index contributed by atoms with van der Waals surface area (Å²) in [5.41, 5.74) is -0.330. The van der Waals surface area contributed by atoms with Crippen LogP contribution < -0.4 is 0 Å². The highest BCUT2D eigenvalue weighted by atomic mass is 127. The van der Waals surface area contributed by atoms with E-state index in [2.05, 4.69) is 4.98 Å². The first-order valence-corrected chi connectivity index (χ1v) is 5.81. The lowest BCUT2D eigenvalue weighted by atomic mass is 10.2. The Morgan fingerprint density at radius 3 is 2.50 bits per heavy atom. The van der Waals surface area contributed by atoms with Crippen LogP contribution in [0.1, 0.15) is 22.5 Å². The number of carbonyl (C=O) groups excluding carboxylic acids is 1. The van der Waals surface area contributed by atoms with E-state index < -0.39 is 11.7 Å². The van der Waals surface area contributed by atoms with Crippen LogP contribution in [0.15, 0.2) is 6.07 Å². The van der Waals surface area contributed by atoms with Crippen molar-refractivity contribution < 1.29 is 13.6 Å². The molecule has 0 N–H and O–H groups in total. The Hall–Kier alpha value is 0.430. The van der Waals surface area contributed by atoms with Crippen LogP contribution in [0.5, 0.6) is 0 Å². The van der Waals surface area contributed by atoms with E-state index in [1.807, 2.05) is 0 Å². The fourth-order valence-corrected chi connectivity index (χ4v) is 2.44. The SMILES string of the molecule is O=C(Cl)c1nc(I)cc(C(F)F)c1I. The van der Waals surface area contributed by atoms with Crippen molar-refractivity contribution in [2.45, 2.75) is 6.43 Å². The molecule has 0 radical (unpaired) electrons. The largest absolute Gasteiger partial charge is 0.274 e. The zero-order valence-electron chi connectivity index (χ0n) is 6.40. The van der Waals surface area contributed by atoms with Crippen molar-refractivity contribution in [1.29, 1.82) is 0 Å². The predicted molar refractivity (Wildman–Crippen MR) is 64.8 cm³/mol. The number of pyridine rings is 1. The first-order chi connectivity index (χ1) is 6.43. The molecule has 1 aromatic rings. The van der Waals surface area contributed by atoms with Gasteiger partial charge < -0.3 is 0 Å². The minimum atomic E-state index is -2.63. The molecule has 0 fully saturated rings. The molecule has 0 spiro atoms. The molecule has 0 unspecified atom stereocenters. The van der Waals surface area contributed by atoms with Gasteiger partial charge in [0.05, 0.1) is 3.57 Å².